The van der Waals surface area contributed by atoms with E-state index in [1.54, 1.807) is 12.1 Å². The van der Waals surface area contributed by atoms with E-state index in [2.05, 4.69) is 0 Å². The van der Waals surface area contributed by atoms with E-state index in [9.17, 15) is 8.94 Å². The van der Waals surface area contributed by atoms with Crippen molar-refractivity contribution in [1.29, 1.82) is 0 Å². The topological polar surface area (TPSA) is 28.0 Å². The van der Waals surface area contributed by atoms with E-state index >= 15 is 0 Å². The molecule has 0 fully saturated rings. The molecular formula is C5H4Cl2FNOS. The van der Waals surface area contributed by atoms with Crippen molar-refractivity contribution < 1.29 is 8.94 Å². The maximum atomic E-state index is 12.6. The van der Waals surface area contributed by atoms with Gasteiger partial charge in [-0.3, -0.25) is 0 Å². The lowest BCUT2D eigenvalue weighted by Gasteiger charge is -2.14. The summed E-state index contributed by atoms with van der Waals surface area (Å²) in [4.78, 5) is 0. The van der Waals surface area contributed by atoms with E-state index in [-0.39, 0.29) is 0 Å². The first-order valence-corrected chi connectivity index (χ1v) is 4.50. The smallest absolute Gasteiger partial charge is 0.443 e. The Balaban J connectivity index is 2.78. The minimum atomic E-state index is -2.74. The van der Waals surface area contributed by atoms with Gasteiger partial charge < -0.3 is 4.55 Å². The molecule has 0 aromatic carbocycles. The molecule has 0 aliphatic heterocycles. The Bertz CT molecular complexity index is 223. The van der Waals surface area contributed by atoms with Gasteiger partial charge in [0, 0.05) is 0 Å². The highest BCUT2D eigenvalue weighted by molar-refractivity contribution is 7.93. The van der Waals surface area contributed by atoms with Gasteiger partial charge in [0.15, 0.2) is 0 Å². The number of rotatable bonds is 2. The summed E-state index contributed by atoms with van der Waals surface area (Å²) < 4.78 is 21.9. The minimum Gasteiger partial charge on any atom is -0.588 e. The van der Waals surface area contributed by atoms with Crippen molar-refractivity contribution in [3.05, 3.63) is 24.5 Å². The van der Waals surface area contributed by atoms with Crippen LogP contribution in [-0.2, 0) is 11.4 Å². The molecule has 1 aromatic heterocycles. The Labute approximate surface area is 76.2 Å². The third-order valence-corrected chi connectivity index (χ3v) is 2.78. The molecule has 0 bridgehead atoms. The van der Waals surface area contributed by atoms with Crippen LogP contribution < -0.4 is 0 Å². The number of alkyl halides is 3. The highest BCUT2D eigenvalue weighted by Gasteiger charge is 2.40. The van der Waals surface area contributed by atoms with Crippen LogP contribution in [0.2, 0.25) is 0 Å². The fraction of sp³-hybridized carbons (Fsp3) is 0.200. The summed E-state index contributed by atoms with van der Waals surface area (Å²) in [5, 5.41) is 0. The van der Waals surface area contributed by atoms with Crippen molar-refractivity contribution in [2.75, 3.05) is 0 Å². The van der Waals surface area contributed by atoms with Crippen molar-refractivity contribution >= 4 is 34.6 Å². The molecule has 0 aliphatic carbocycles. The summed E-state index contributed by atoms with van der Waals surface area (Å²) in [6, 6.07) is 3.19. The minimum absolute atomic E-state index is 1.08. The second-order valence-corrected chi connectivity index (χ2v) is 4.90. The number of aromatic nitrogens is 1. The summed E-state index contributed by atoms with van der Waals surface area (Å²) in [6.07, 6.45) is 2.82. The normalized spacial score (nSPS) is 14.9. The zero-order valence-electron chi connectivity index (χ0n) is 5.21. The molecule has 0 amide bonds. The molecular weight excluding hydrogens is 212 g/mol. The predicted molar refractivity (Wildman–Crippen MR) is 43.5 cm³/mol. The molecule has 1 heterocycles. The molecule has 6 heteroatoms. The second-order valence-electron chi connectivity index (χ2n) is 1.74. The van der Waals surface area contributed by atoms with Crippen LogP contribution >= 0.6 is 23.2 Å². The summed E-state index contributed by atoms with van der Waals surface area (Å²) in [6.45, 7) is 0. The highest BCUT2D eigenvalue weighted by atomic mass is 35.5. The van der Waals surface area contributed by atoms with Gasteiger partial charge in [-0.15, -0.1) is 0 Å². The van der Waals surface area contributed by atoms with Crippen LogP contribution in [0.15, 0.2) is 24.5 Å². The quantitative estimate of drug-likeness (QED) is 0.549. The second kappa shape index (κ2) is 3.23. The third kappa shape index (κ3) is 2.27. The largest absolute Gasteiger partial charge is 0.588 e. The number of hydrogen-bond acceptors (Lipinski definition) is 1. The molecule has 0 N–H and O–H groups in total. The maximum absolute atomic E-state index is 12.6. The SMILES string of the molecule is [O-][S+](n1cccc1)C(F)(Cl)Cl. The van der Waals surface area contributed by atoms with Gasteiger partial charge in [0.2, 0.25) is 0 Å². The molecule has 1 unspecified atom stereocenters. The molecule has 62 valence electrons. The van der Waals surface area contributed by atoms with E-state index in [1.165, 1.54) is 12.4 Å². The van der Waals surface area contributed by atoms with E-state index in [1.807, 2.05) is 0 Å². The highest BCUT2D eigenvalue weighted by Crippen LogP contribution is 2.30. The van der Waals surface area contributed by atoms with Crippen LogP contribution in [0.4, 0.5) is 4.39 Å². The van der Waals surface area contributed by atoms with Gasteiger partial charge in [-0.2, -0.15) is 8.36 Å². The van der Waals surface area contributed by atoms with Crippen LogP contribution in [0.1, 0.15) is 0 Å². The monoisotopic (exact) mass is 215 g/mol. The van der Waals surface area contributed by atoms with Crippen molar-refractivity contribution in [3.63, 3.8) is 0 Å². The van der Waals surface area contributed by atoms with E-state index in [0.29, 0.717) is 0 Å². The van der Waals surface area contributed by atoms with Gasteiger partial charge >= 0.3 is 3.92 Å². The van der Waals surface area contributed by atoms with Gasteiger partial charge in [0.25, 0.3) is 0 Å². The maximum Gasteiger partial charge on any atom is 0.443 e. The molecule has 1 rings (SSSR count). The van der Waals surface area contributed by atoms with Crippen LogP contribution in [0, 0.1) is 0 Å². The molecule has 0 spiro atoms. The third-order valence-electron chi connectivity index (χ3n) is 0.967. The van der Waals surface area contributed by atoms with Crippen molar-refractivity contribution in [1.82, 2.24) is 3.97 Å². The molecule has 1 aromatic rings. The average molecular weight is 216 g/mol. The fourth-order valence-corrected chi connectivity index (χ4v) is 1.63. The summed E-state index contributed by atoms with van der Waals surface area (Å²) in [5.74, 6) is 0. The van der Waals surface area contributed by atoms with Crippen LogP contribution in [0.25, 0.3) is 0 Å². The Kier molecular flexibility index (Phi) is 2.70. The first-order chi connectivity index (χ1) is 5.02. The summed E-state index contributed by atoms with van der Waals surface area (Å²) >= 11 is 7.82. The van der Waals surface area contributed by atoms with Gasteiger partial charge in [-0.1, -0.05) is 0 Å². The molecule has 0 radical (unpaired) electrons. The molecule has 2 nitrogen and oxygen atoms in total. The summed E-state index contributed by atoms with van der Waals surface area (Å²) in [7, 11) is 0. The standard InChI is InChI=1S/C5H4Cl2FNOS/c6-5(7,8)11(10)9-3-1-2-4-9/h1-4H. The van der Waals surface area contributed by atoms with Gasteiger partial charge in [0.1, 0.15) is 11.4 Å². The molecule has 0 saturated carbocycles. The van der Waals surface area contributed by atoms with Crippen molar-refractivity contribution in [2.45, 2.75) is 3.92 Å². The van der Waals surface area contributed by atoms with E-state index in [0.717, 1.165) is 3.97 Å². The Morgan fingerprint density at radius 3 is 2.18 bits per heavy atom. The predicted octanol–water partition coefficient (Wildman–Crippen LogP) is 2.06. The first-order valence-electron chi connectivity index (χ1n) is 2.64. The lowest BCUT2D eigenvalue weighted by atomic mass is 10.7. The lowest BCUT2D eigenvalue weighted by Crippen LogP contribution is -2.26. The zero-order valence-corrected chi connectivity index (χ0v) is 7.54. The molecule has 0 saturated heterocycles. The summed E-state index contributed by atoms with van der Waals surface area (Å²) in [5.41, 5.74) is 0. The van der Waals surface area contributed by atoms with Crippen LogP contribution in [0.5, 0.6) is 0 Å². The van der Waals surface area contributed by atoms with E-state index < -0.39 is 15.3 Å². The van der Waals surface area contributed by atoms with Gasteiger partial charge in [-0.25, -0.2) is 0 Å². The number of nitrogens with zero attached hydrogens (tertiary/aromatic N) is 1. The van der Waals surface area contributed by atoms with Crippen LogP contribution in [0.3, 0.4) is 0 Å². The zero-order chi connectivity index (χ0) is 8.48. The number of halogens is 3. The first kappa shape index (κ1) is 9.19. The van der Waals surface area contributed by atoms with Gasteiger partial charge in [-0.05, 0) is 35.3 Å². The number of hydrogen-bond donors (Lipinski definition) is 0. The fourth-order valence-electron chi connectivity index (χ4n) is 0.549. The van der Waals surface area contributed by atoms with Crippen molar-refractivity contribution in [3.8, 4) is 0 Å². The molecule has 1 atom stereocenters. The average Bonchev–Trinajstić information content (AvgIpc) is 2.34. The van der Waals surface area contributed by atoms with Gasteiger partial charge in [0.05, 0.1) is 12.4 Å². The lowest BCUT2D eigenvalue weighted by molar-refractivity contribution is 0.464. The molecule has 0 aliphatic rings. The Morgan fingerprint density at radius 2 is 1.82 bits per heavy atom. The van der Waals surface area contributed by atoms with Crippen LogP contribution in [-0.4, -0.2) is 12.4 Å². The Hall–Kier alpha value is 0.1000. The van der Waals surface area contributed by atoms with Crippen molar-refractivity contribution in [2.24, 2.45) is 0 Å². The Morgan fingerprint density at radius 1 is 1.36 bits per heavy atom. The van der Waals surface area contributed by atoms with E-state index in [4.69, 9.17) is 23.2 Å². The molecule has 11 heavy (non-hydrogen) atoms.